The van der Waals surface area contributed by atoms with Crippen molar-refractivity contribution in [1.82, 2.24) is 14.7 Å². The molecule has 194 valence electrons. The first-order chi connectivity index (χ1) is 17.4. The largest absolute Gasteiger partial charge is 0.372 e. The Hall–Kier alpha value is -2.47. The Kier molecular flexibility index (Phi) is 7.61. The number of carbonyl (C=O) groups excluding carboxylic acids is 2. The number of rotatable bonds is 7. The molecule has 1 aromatic carbocycles. The molecular weight excluding hydrogens is 450 g/mol. The lowest BCUT2D eigenvalue weighted by atomic mass is 9.77. The van der Waals surface area contributed by atoms with Crippen LogP contribution in [-0.4, -0.2) is 51.7 Å². The van der Waals surface area contributed by atoms with E-state index in [1.165, 1.54) is 36.8 Å². The molecule has 1 amide bonds. The highest BCUT2D eigenvalue weighted by Crippen LogP contribution is 2.37. The smallest absolute Gasteiger partial charge is 0.274 e. The van der Waals surface area contributed by atoms with Gasteiger partial charge in [0.15, 0.2) is 11.5 Å². The van der Waals surface area contributed by atoms with Crippen molar-refractivity contribution in [2.24, 2.45) is 5.92 Å². The molecule has 1 aliphatic heterocycles. The number of ether oxygens (including phenoxy) is 1. The van der Waals surface area contributed by atoms with Crippen LogP contribution in [0, 0.1) is 12.8 Å². The van der Waals surface area contributed by atoms with Crippen LogP contribution in [-0.2, 0) is 28.9 Å². The fourth-order valence-corrected chi connectivity index (χ4v) is 6.62. The van der Waals surface area contributed by atoms with Gasteiger partial charge < -0.3 is 9.64 Å². The third-order valence-corrected chi connectivity index (χ3v) is 8.43. The van der Waals surface area contributed by atoms with E-state index >= 15 is 0 Å². The molecule has 1 saturated heterocycles. The number of Topliss-reactive ketones (excluding diaryl/α,β-unsaturated/α-hetero) is 1. The summed E-state index contributed by atoms with van der Waals surface area (Å²) < 4.78 is 7.65. The summed E-state index contributed by atoms with van der Waals surface area (Å²) in [5.41, 5.74) is 5.53. The van der Waals surface area contributed by atoms with Gasteiger partial charge in [0.25, 0.3) is 5.91 Å². The molecule has 2 heterocycles. The van der Waals surface area contributed by atoms with Gasteiger partial charge in [-0.25, -0.2) is 0 Å². The molecule has 1 saturated carbocycles. The highest BCUT2D eigenvalue weighted by atomic mass is 16.5. The summed E-state index contributed by atoms with van der Waals surface area (Å²) in [6.07, 6.45) is 9.30. The van der Waals surface area contributed by atoms with Crippen LogP contribution in [0.15, 0.2) is 24.3 Å². The number of morpholine rings is 1. The first kappa shape index (κ1) is 25.2. The van der Waals surface area contributed by atoms with Crippen LogP contribution < -0.4 is 0 Å². The molecule has 2 fully saturated rings. The van der Waals surface area contributed by atoms with Crippen LogP contribution in [0.1, 0.15) is 97.6 Å². The molecular formula is C30H41N3O3. The summed E-state index contributed by atoms with van der Waals surface area (Å²) in [6.45, 7) is 7.66. The zero-order valence-corrected chi connectivity index (χ0v) is 22.2. The number of aryl methyl sites for hydroxylation is 1. The Labute approximate surface area is 215 Å². The normalized spacial score (nSPS) is 26.1. The standard InChI is InChI=1S/C30H41N3O3/c1-20-6-4-7-25(16-20)24-13-10-23(11-14-24)12-15-26(34)19-33-28-9-5-8-27(28)29(31-33)30(35)32-17-21(2)36-22(3)18-32/h4,6-7,16,21-24H,5,8-15,17-19H2,1-3H3/t21-,22+,23?,24?. The average Bonchev–Trinajstić information content (AvgIpc) is 3.46. The number of fused-ring (bicyclic) bond motifs is 1. The minimum atomic E-state index is -0.00767. The second-order valence-corrected chi connectivity index (χ2v) is 11.5. The van der Waals surface area contributed by atoms with E-state index in [9.17, 15) is 9.59 Å². The van der Waals surface area contributed by atoms with Crippen molar-refractivity contribution in [3.05, 3.63) is 52.3 Å². The van der Waals surface area contributed by atoms with Gasteiger partial charge in [0.1, 0.15) is 0 Å². The number of amides is 1. The molecule has 6 heteroatoms. The number of carbonyl (C=O) groups is 2. The molecule has 5 rings (SSSR count). The summed E-state index contributed by atoms with van der Waals surface area (Å²) in [7, 11) is 0. The lowest BCUT2D eigenvalue weighted by Crippen LogP contribution is -2.48. The van der Waals surface area contributed by atoms with Crippen LogP contribution in [0.25, 0.3) is 0 Å². The molecule has 2 aromatic rings. The third-order valence-electron chi connectivity index (χ3n) is 8.43. The van der Waals surface area contributed by atoms with Gasteiger partial charge in [-0.2, -0.15) is 5.10 Å². The lowest BCUT2D eigenvalue weighted by Gasteiger charge is -2.35. The number of hydrogen-bond donors (Lipinski definition) is 0. The summed E-state index contributed by atoms with van der Waals surface area (Å²) in [5.74, 6) is 1.53. The van der Waals surface area contributed by atoms with Gasteiger partial charge in [0.2, 0.25) is 0 Å². The molecule has 36 heavy (non-hydrogen) atoms. The minimum Gasteiger partial charge on any atom is -0.372 e. The molecule has 0 bridgehead atoms. The Morgan fingerprint density at radius 3 is 2.53 bits per heavy atom. The summed E-state index contributed by atoms with van der Waals surface area (Å²) in [5, 5.41) is 4.71. The zero-order valence-electron chi connectivity index (χ0n) is 22.2. The molecule has 2 atom stereocenters. The van der Waals surface area contributed by atoms with Crippen LogP contribution in [0.3, 0.4) is 0 Å². The van der Waals surface area contributed by atoms with Gasteiger partial charge in [0.05, 0.1) is 18.8 Å². The summed E-state index contributed by atoms with van der Waals surface area (Å²) >= 11 is 0. The topological polar surface area (TPSA) is 64.4 Å². The maximum absolute atomic E-state index is 13.3. The third kappa shape index (κ3) is 5.59. The zero-order chi connectivity index (χ0) is 25.2. The van der Waals surface area contributed by atoms with Crippen molar-refractivity contribution in [2.45, 2.75) is 103 Å². The highest BCUT2D eigenvalue weighted by molar-refractivity contribution is 5.94. The first-order valence-corrected chi connectivity index (χ1v) is 14.0. The van der Waals surface area contributed by atoms with Crippen LogP contribution in [0.5, 0.6) is 0 Å². The van der Waals surface area contributed by atoms with E-state index in [1.54, 1.807) is 0 Å². The van der Waals surface area contributed by atoms with Gasteiger partial charge in [-0.1, -0.05) is 29.8 Å². The van der Waals surface area contributed by atoms with Crippen molar-refractivity contribution in [1.29, 1.82) is 0 Å². The molecule has 3 aliphatic rings. The van der Waals surface area contributed by atoms with Gasteiger partial charge in [-0.15, -0.1) is 0 Å². The van der Waals surface area contributed by atoms with E-state index in [4.69, 9.17) is 9.84 Å². The Balaban J connectivity index is 1.15. The summed E-state index contributed by atoms with van der Waals surface area (Å²) in [6, 6.07) is 8.93. The van der Waals surface area contributed by atoms with E-state index in [-0.39, 0.29) is 23.9 Å². The quantitative estimate of drug-likeness (QED) is 0.530. The molecule has 0 spiro atoms. The number of nitrogens with zero attached hydrogens (tertiary/aromatic N) is 3. The highest BCUT2D eigenvalue weighted by Gasteiger charge is 2.33. The Morgan fingerprint density at radius 1 is 1.06 bits per heavy atom. The van der Waals surface area contributed by atoms with E-state index in [0.717, 1.165) is 36.9 Å². The van der Waals surface area contributed by atoms with Gasteiger partial charge in [-0.3, -0.25) is 14.3 Å². The molecule has 0 N–H and O–H groups in total. The molecule has 0 unspecified atom stereocenters. The minimum absolute atomic E-state index is 0.00767. The van der Waals surface area contributed by atoms with Gasteiger partial charge >= 0.3 is 0 Å². The monoisotopic (exact) mass is 491 g/mol. The number of benzene rings is 1. The van der Waals surface area contributed by atoms with E-state index in [2.05, 4.69) is 31.2 Å². The maximum atomic E-state index is 13.3. The second-order valence-electron chi connectivity index (χ2n) is 11.5. The van der Waals surface area contributed by atoms with Gasteiger partial charge in [0, 0.05) is 30.8 Å². The van der Waals surface area contributed by atoms with Gasteiger partial charge in [-0.05, 0) is 89.5 Å². The second kappa shape index (κ2) is 10.9. The predicted molar refractivity (Wildman–Crippen MR) is 140 cm³/mol. The van der Waals surface area contributed by atoms with Crippen molar-refractivity contribution in [2.75, 3.05) is 13.1 Å². The lowest BCUT2D eigenvalue weighted by molar-refractivity contribution is -0.120. The van der Waals surface area contributed by atoms with Crippen LogP contribution >= 0.6 is 0 Å². The van der Waals surface area contributed by atoms with Crippen molar-refractivity contribution < 1.29 is 14.3 Å². The molecule has 6 nitrogen and oxygen atoms in total. The number of hydrogen-bond acceptors (Lipinski definition) is 4. The first-order valence-electron chi connectivity index (χ1n) is 14.0. The SMILES string of the molecule is Cc1cccc(C2CCC(CCC(=O)Cn3nc(C(=O)N4C[C@@H](C)O[C@@H](C)C4)c4c3CCC4)CC2)c1. The maximum Gasteiger partial charge on any atom is 0.274 e. The van der Waals surface area contributed by atoms with Crippen LogP contribution in [0.2, 0.25) is 0 Å². The number of aromatic nitrogens is 2. The van der Waals surface area contributed by atoms with Crippen molar-refractivity contribution in [3.63, 3.8) is 0 Å². The fraction of sp³-hybridized carbons (Fsp3) is 0.633. The number of ketones is 1. The van der Waals surface area contributed by atoms with Crippen molar-refractivity contribution >= 4 is 11.7 Å². The Bertz CT molecular complexity index is 1090. The van der Waals surface area contributed by atoms with E-state index < -0.39 is 0 Å². The summed E-state index contributed by atoms with van der Waals surface area (Å²) in [4.78, 5) is 28.2. The Morgan fingerprint density at radius 2 is 1.81 bits per heavy atom. The average molecular weight is 492 g/mol. The van der Waals surface area contributed by atoms with Crippen LogP contribution in [0.4, 0.5) is 0 Å². The predicted octanol–water partition coefficient (Wildman–Crippen LogP) is 5.25. The van der Waals surface area contributed by atoms with E-state index in [0.29, 0.717) is 43.6 Å². The fourth-order valence-electron chi connectivity index (χ4n) is 6.62. The molecule has 0 radical (unpaired) electrons. The van der Waals surface area contributed by atoms with E-state index in [1.807, 2.05) is 23.4 Å². The molecule has 2 aliphatic carbocycles. The molecule has 1 aromatic heterocycles. The van der Waals surface area contributed by atoms with Crippen molar-refractivity contribution in [3.8, 4) is 0 Å².